The van der Waals surface area contributed by atoms with Crippen molar-refractivity contribution in [2.45, 2.75) is 51.7 Å². The lowest BCUT2D eigenvalue weighted by Gasteiger charge is -2.20. The van der Waals surface area contributed by atoms with E-state index in [0.717, 1.165) is 0 Å². The van der Waals surface area contributed by atoms with E-state index in [0.29, 0.717) is 12.6 Å². The van der Waals surface area contributed by atoms with Crippen molar-refractivity contribution in [1.29, 1.82) is 0 Å². The zero-order valence-corrected chi connectivity index (χ0v) is 10.9. The molecule has 2 atom stereocenters. The molecule has 17 heavy (non-hydrogen) atoms. The van der Waals surface area contributed by atoms with Gasteiger partial charge in [-0.25, -0.2) is 0 Å². The van der Waals surface area contributed by atoms with Crippen LogP contribution in [0.3, 0.4) is 0 Å². The third-order valence-corrected chi connectivity index (χ3v) is 3.59. The van der Waals surface area contributed by atoms with Gasteiger partial charge in [-0.1, -0.05) is 18.2 Å². The Bertz CT molecular complexity index is 373. The summed E-state index contributed by atoms with van der Waals surface area (Å²) >= 11 is 0. The summed E-state index contributed by atoms with van der Waals surface area (Å²) in [5.41, 5.74) is 4.40. The number of fused-ring (bicyclic) bond motifs is 1. The molecule has 1 aliphatic carbocycles. The van der Waals surface area contributed by atoms with Crippen molar-refractivity contribution in [2.24, 2.45) is 0 Å². The predicted molar refractivity (Wildman–Crippen MR) is 71.2 cm³/mol. The molecule has 0 spiro atoms. The second-order valence-corrected chi connectivity index (χ2v) is 5.21. The van der Waals surface area contributed by atoms with Crippen molar-refractivity contribution >= 4 is 0 Å². The minimum atomic E-state index is -0.282. The maximum Gasteiger partial charge on any atom is 0.0636 e. The number of aliphatic hydroxyl groups excluding tert-OH is 1. The van der Waals surface area contributed by atoms with Crippen LogP contribution in [0.4, 0.5) is 0 Å². The van der Waals surface area contributed by atoms with Crippen LogP contribution < -0.4 is 5.32 Å². The highest BCUT2D eigenvalue weighted by Crippen LogP contribution is 2.24. The Morgan fingerprint density at radius 1 is 1.18 bits per heavy atom. The summed E-state index contributed by atoms with van der Waals surface area (Å²) in [5, 5.41) is 12.6. The van der Waals surface area contributed by atoms with Gasteiger partial charge in [0.25, 0.3) is 0 Å². The average molecular weight is 233 g/mol. The SMILES string of the molecule is CC(NC[C@@H](C)O)c1ccc2c(c1)CCCC2. The summed E-state index contributed by atoms with van der Waals surface area (Å²) in [5.74, 6) is 0. The molecule has 0 bridgehead atoms. The molecule has 0 aromatic heterocycles. The molecule has 94 valence electrons. The monoisotopic (exact) mass is 233 g/mol. The molecule has 0 radical (unpaired) electrons. The molecule has 0 fully saturated rings. The van der Waals surface area contributed by atoms with Crippen LogP contribution in [-0.2, 0) is 12.8 Å². The van der Waals surface area contributed by atoms with E-state index in [2.05, 4.69) is 30.4 Å². The third-order valence-electron chi connectivity index (χ3n) is 3.59. The van der Waals surface area contributed by atoms with Crippen molar-refractivity contribution in [1.82, 2.24) is 5.32 Å². The number of nitrogens with one attached hydrogen (secondary N) is 1. The number of hydrogen-bond acceptors (Lipinski definition) is 2. The van der Waals surface area contributed by atoms with E-state index in [1.165, 1.54) is 42.4 Å². The van der Waals surface area contributed by atoms with Crippen molar-refractivity contribution in [3.63, 3.8) is 0 Å². The highest BCUT2D eigenvalue weighted by atomic mass is 16.3. The van der Waals surface area contributed by atoms with E-state index in [9.17, 15) is 5.11 Å². The molecular formula is C15H23NO. The second-order valence-electron chi connectivity index (χ2n) is 5.21. The van der Waals surface area contributed by atoms with Crippen molar-refractivity contribution in [3.8, 4) is 0 Å². The maximum absolute atomic E-state index is 9.28. The van der Waals surface area contributed by atoms with E-state index >= 15 is 0 Å². The van der Waals surface area contributed by atoms with Crippen LogP contribution in [0.15, 0.2) is 18.2 Å². The zero-order chi connectivity index (χ0) is 12.3. The van der Waals surface area contributed by atoms with Gasteiger partial charge in [-0.3, -0.25) is 0 Å². The standard InChI is InChI=1S/C15H23NO/c1-11(17)10-16-12(2)14-8-7-13-5-3-4-6-15(13)9-14/h7-9,11-12,16-17H,3-6,10H2,1-2H3/t11-,12?/m1/s1. The maximum atomic E-state index is 9.28. The van der Waals surface area contributed by atoms with Crippen LogP contribution >= 0.6 is 0 Å². The Labute approximate surface area is 104 Å². The van der Waals surface area contributed by atoms with Gasteiger partial charge in [0.05, 0.1) is 6.10 Å². The highest BCUT2D eigenvalue weighted by Gasteiger charge is 2.12. The van der Waals surface area contributed by atoms with E-state index in [4.69, 9.17) is 0 Å². The van der Waals surface area contributed by atoms with Crippen LogP contribution in [0.5, 0.6) is 0 Å². The van der Waals surface area contributed by atoms with Crippen molar-refractivity contribution in [2.75, 3.05) is 6.54 Å². The first kappa shape index (κ1) is 12.6. The molecule has 1 aromatic rings. The number of benzene rings is 1. The average Bonchev–Trinajstić information content (AvgIpc) is 2.35. The topological polar surface area (TPSA) is 32.3 Å². The Hall–Kier alpha value is -0.860. The smallest absolute Gasteiger partial charge is 0.0636 e. The number of rotatable bonds is 4. The quantitative estimate of drug-likeness (QED) is 0.838. The minimum absolute atomic E-state index is 0.282. The van der Waals surface area contributed by atoms with Gasteiger partial charge in [-0.05, 0) is 56.2 Å². The van der Waals surface area contributed by atoms with Crippen LogP contribution in [-0.4, -0.2) is 17.8 Å². The molecule has 0 saturated carbocycles. The van der Waals surface area contributed by atoms with Gasteiger partial charge in [0, 0.05) is 12.6 Å². The van der Waals surface area contributed by atoms with Gasteiger partial charge in [-0.2, -0.15) is 0 Å². The molecule has 2 N–H and O–H groups in total. The molecule has 0 amide bonds. The summed E-state index contributed by atoms with van der Waals surface area (Å²) in [6.07, 6.45) is 4.85. The first-order chi connectivity index (χ1) is 8.16. The van der Waals surface area contributed by atoms with Crippen LogP contribution in [0, 0.1) is 0 Å². The Balaban J connectivity index is 2.05. The molecule has 0 saturated heterocycles. The van der Waals surface area contributed by atoms with E-state index < -0.39 is 0 Å². The largest absolute Gasteiger partial charge is 0.392 e. The Morgan fingerprint density at radius 3 is 2.59 bits per heavy atom. The van der Waals surface area contributed by atoms with Crippen molar-refractivity contribution in [3.05, 3.63) is 34.9 Å². The van der Waals surface area contributed by atoms with Gasteiger partial charge in [0.15, 0.2) is 0 Å². The third kappa shape index (κ3) is 3.30. The molecule has 2 nitrogen and oxygen atoms in total. The summed E-state index contributed by atoms with van der Waals surface area (Å²) in [7, 11) is 0. The Morgan fingerprint density at radius 2 is 1.88 bits per heavy atom. The molecule has 1 aromatic carbocycles. The first-order valence-electron chi connectivity index (χ1n) is 6.70. The van der Waals surface area contributed by atoms with Crippen LogP contribution in [0.25, 0.3) is 0 Å². The zero-order valence-electron chi connectivity index (χ0n) is 10.9. The van der Waals surface area contributed by atoms with Gasteiger partial charge >= 0.3 is 0 Å². The summed E-state index contributed by atoms with van der Waals surface area (Å²) in [4.78, 5) is 0. The first-order valence-corrected chi connectivity index (χ1v) is 6.70. The lowest BCUT2D eigenvalue weighted by Crippen LogP contribution is -2.27. The lowest BCUT2D eigenvalue weighted by atomic mass is 9.89. The van der Waals surface area contributed by atoms with Gasteiger partial charge in [0.1, 0.15) is 0 Å². The Kier molecular flexibility index (Phi) is 4.19. The van der Waals surface area contributed by atoms with E-state index in [1.807, 2.05) is 6.92 Å². The molecule has 0 aliphatic heterocycles. The fourth-order valence-electron chi connectivity index (χ4n) is 2.49. The van der Waals surface area contributed by atoms with E-state index in [-0.39, 0.29) is 6.10 Å². The summed E-state index contributed by atoms with van der Waals surface area (Å²) in [6, 6.07) is 7.17. The lowest BCUT2D eigenvalue weighted by molar-refractivity contribution is 0.187. The van der Waals surface area contributed by atoms with Gasteiger partial charge in [0.2, 0.25) is 0 Å². The summed E-state index contributed by atoms with van der Waals surface area (Å²) < 4.78 is 0. The highest BCUT2D eigenvalue weighted by molar-refractivity contribution is 5.35. The number of hydrogen-bond donors (Lipinski definition) is 2. The molecule has 2 heteroatoms. The molecule has 2 rings (SSSR count). The van der Waals surface area contributed by atoms with Crippen molar-refractivity contribution < 1.29 is 5.11 Å². The predicted octanol–water partition coefficient (Wildman–Crippen LogP) is 2.60. The second kappa shape index (κ2) is 5.65. The molecular weight excluding hydrogens is 210 g/mol. The summed E-state index contributed by atoms with van der Waals surface area (Å²) in [6.45, 7) is 4.62. The fraction of sp³-hybridized carbons (Fsp3) is 0.600. The fourth-order valence-corrected chi connectivity index (χ4v) is 2.49. The van der Waals surface area contributed by atoms with Gasteiger partial charge < -0.3 is 10.4 Å². The minimum Gasteiger partial charge on any atom is -0.392 e. The molecule has 0 heterocycles. The molecule has 1 unspecified atom stereocenters. The van der Waals surface area contributed by atoms with E-state index in [1.54, 1.807) is 0 Å². The molecule has 1 aliphatic rings. The van der Waals surface area contributed by atoms with Gasteiger partial charge in [-0.15, -0.1) is 0 Å². The van der Waals surface area contributed by atoms with Crippen LogP contribution in [0.2, 0.25) is 0 Å². The van der Waals surface area contributed by atoms with Crippen LogP contribution in [0.1, 0.15) is 49.4 Å². The number of aliphatic hydroxyl groups is 1. The normalized spacial score (nSPS) is 18.5. The number of aryl methyl sites for hydroxylation is 2.